The fraction of sp³-hybridized carbons (Fsp3) is 0.429. The Morgan fingerprint density at radius 3 is 2.50 bits per heavy atom. The molecule has 0 spiro atoms. The summed E-state index contributed by atoms with van der Waals surface area (Å²) in [5.74, 6) is 1.05. The van der Waals surface area contributed by atoms with Gasteiger partial charge in [0.1, 0.15) is 0 Å². The van der Waals surface area contributed by atoms with Crippen LogP contribution in [0, 0.1) is 11.8 Å². The van der Waals surface area contributed by atoms with E-state index >= 15 is 0 Å². The Balaban J connectivity index is 1.26. The highest BCUT2D eigenvalue weighted by Gasteiger charge is 2.37. The number of hydrogen-bond acceptors (Lipinski definition) is 2. The minimum atomic E-state index is 0.0803. The van der Waals surface area contributed by atoms with Crippen molar-refractivity contribution in [2.45, 2.75) is 45.6 Å². The molecule has 3 aliphatic rings. The molecule has 4 nitrogen and oxygen atoms in total. The minimum Gasteiger partial charge on any atom is -0.342 e. The first-order valence-electron chi connectivity index (χ1n) is 12.0. The minimum absolute atomic E-state index is 0.0803. The second kappa shape index (κ2) is 8.57. The van der Waals surface area contributed by atoms with Gasteiger partial charge in [-0.05, 0) is 79.8 Å². The summed E-state index contributed by atoms with van der Waals surface area (Å²) in [7, 11) is 0. The van der Waals surface area contributed by atoms with Gasteiger partial charge in [0.15, 0.2) is 0 Å². The van der Waals surface area contributed by atoms with Crippen LogP contribution in [0.3, 0.4) is 0 Å². The fourth-order valence-electron chi connectivity index (χ4n) is 4.99. The third-order valence-electron chi connectivity index (χ3n) is 7.11. The smallest absolute Gasteiger partial charge is 0.254 e. The summed E-state index contributed by atoms with van der Waals surface area (Å²) in [6.07, 6.45) is 8.45. The second-order valence-electron chi connectivity index (χ2n) is 9.86. The lowest BCUT2D eigenvalue weighted by molar-refractivity contribution is -0.131. The van der Waals surface area contributed by atoms with Gasteiger partial charge in [0, 0.05) is 37.2 Å². The van der Waals surface area contributed by atoms with Gasteiger partial charge in [0.2, 0.25) is 5.91 Å². The van der Waals surface area contributed by atoms with Crippen molar-refractivity contribution >= 4 is 17.9 Å². The predicted octanol–water partition coefficient (Wildman–Crippen LogP) is 5.03. The highest BCUT2D eigenvalue weighted by molar-refractivity contribution is 5.95. The monoisotopic (exact) mass is 428 g/mol. The van der Waals surface area contributed by atoms with E-state index < -0.39 is 0 Å². The highest BCUT2D eigenvalue weighted by Crippen LogP contribution is 2.33. The summed E-state index contributed by atoms with van der Waals surface area (Å²) in [5.41, 5.74) is 5.72. The molecule has 0 radical (unpaired) electrons. The second-order valence-corrected chi connectivity index (χ2v) is 9.86. The zero-order valence-electron chi connectivity index (χ0n) is 19.1. The molecule has 1 aliphatic heterocycles. The van der Waals surface area contributed by atoms with E-state index in [1.807, 2.05) is 21.9 Å². The zero-order valence-corrected chi connectivity index (χ0v) is 19.1. The van der Waals surface area contributed by atoms with E-state index in [0.29, 0.717) is 18.4 Å². The molecule has 32 heavy (non-hydrogen) atoms. The number of hydrogen-bond donors (Lipinski definition) is 0. The van der Waals surface area contributed by atoms with Gasteiger partial charge in [0.25, 0.3) is 5.91 Å². The first-order valence-corrected chi connectivity index (χ1v) is 12.0. The van der Waals surface area contributed by atoms with Crippen LogP contribution in [0.15, 0.2) is 48.5 Å². The van der Waals surface area contributed by atoms with Gasteiger partial charge in [0.05, 0.1) is 0 Å². The molecule has 2 aliphatic carbocycles. The number of fused-ring (bicyclic) bond motifs is 1. The Morgan fingerprint density at radius 2 is 1.78 bits per heavy atom. The van der Waals surface area contributed by atoms with Crippen LogP contribution in [-0.4, -0.2) is 47.3 Å². The van der Waals surface area contributed by atoms with Gasteiger partial charge in [-0.25, -0.2) is 0 Å². The number of nitrogens with zero attached hydrogens (tertiary/aromatic N) is 2. The van der Waals surface area contributed by atoms with Crippen LogP contribution in [0.4, 0.5) is 0 Å². The summed E-state index contributed by atoms with van der Waals surface area (Å²) >= 11 is 0. The Hall–Kier alpha value is -2.88. The number of likely N-dealkylation sites (tertiary alicyclic amines) is 1. The summed E-state index contributed by atoms with van der Waals surface area (Å²) < 4.78 is 0. The van der Waals surface area contributed by atoms with Crippen LogP contribution in [0.5, 0.6) is 0 Å². The normalized spacial score (nSPS) is 19.5. The van der Waals surface area contributed by atoms with E-state index in [9.17, 15) is 9.59 Å². The van der Waals surface area contributed by atoms with Gasteiger partial charge in [-0.2, -0.15) is 0 Å². The van der Waals surface area contributed by atoms with Gasteiger partial charge in [-0.1, -0.05) is 42.5 Å². The van der Waals surface area contributed by atoms with Crippen LogP contribution in [0.25, 0.3) is 17.2 Å². The predicted molar refractivity (Wildman–Crippen MR) is 128 cm³/mol. The molecule has 0 unspecified atom stereocenters. The molecule has 0 N–H and O–H groups in total. The summed E-state index contributed by atoms with van der Waals surface area (Å²) in [4.78, 5) is 29.7. The topological polar surface area (TPSA) is 40.6 Å². The molecule has 5 rings (SSSR count). The summed E-state index contributed by atoms with van der Waals surface area (Å²) in [6.45, 7) is 6.49. The number of benzene rings is 2. The average Bonchev–Trinajstić information content (AvgIpc) is 3.36. The standard InChI is InChI=1S/C28H32N2O2/c1-19(2)30(18-20-14-15-29(17-20)27(31)23-11-12-23)28(32)24-9-6-22(7-10-24)26-13-8-21-4-3-5-25(21)16-26/h3-4,6-10,13,16,19-20,23H,5,11-12,14-15,17-18H2,1-2H3/t20-/m1/s1. The van der Waals surface area contributed by atoms with E-state index in [1.165, 1.54) is 16.7 Å². The van der Waals surface area contributed by atoms with E-state index in [1.54, 1.807) is 0 Å². The van der Waals surface area contributed by atoms with Gasteiger partial charge >= 0.3 is 0 Å². The summed E-state index contributed by atoms with van der Waals surface area (Å²) in [6, 6.07) is 14.7. The van der Waals surface area contributed by atoms with Crippen LogP contribution < -0.4 is 0 Å². The van der Waals surface area contributed by atoms with Crippen LogP contribution in [0.2, 0.25) is 0 Å². The van der Waals surface area contributed by atoms with Crippen LogP contribution in [-0.2, 0) is 11.2 Å². The number of allylic oxidation sites excluding steroid dienone is 1. The molecule has 2 aromatic rings. The summed E-state index contributed by atoms with van der Waals surface area (Å²) in [5, 5.41) is 0. The van der Waals surface area contributed by atoms with Crippen molar-refractivity contribution in [3.05, 3.63) is 65.2 Å². The molecular formula is C28H32N2O2. The molecule has 1 heterocycles. The van der Waals surface area contributed by atoms with Crippen molar-refractivity contribution in [3.63, 3.8) is 0 Å². The number of carbonyl (C=O) groups excluding carboxylic acids is 2. The first-order chi connectivity index (χ1) is 15.5. The Bertz CT molecular complexity index is 1050. The highest BCUT2D eigenvalue weighted by atomic mass is 16.2. The molecule has 0 aromatic heterocycles. The maximum absolute atomic E-state index is 13.3. The molecule has 2 amide bonds. The van der Waals surface area contributed by atoms with Crippen molar-refractivity contribution in [1.82, 2.24) is 9.80 Å². The van der Waals surface area contributed by atoms with Crippen molar-refractivity contribution in [1.29, 1.82) is 0 Å². The first kappa shape index (κ1) is 21.0. The lowest BCUT2D eigenvalue weighted by Crippen LogP contribution is -2.41. The molecule has 166 valence electrons. The lowest BCUT2D eigenvalue weighted by atomic mass is 9.99. The quantitative estimate of drug-likeness (QED) is 0.647. The maximum atomic E-state index is 13.3. The number of rotatable bonds is 6. The molecule has 1 atom stereocenters. The lowest BCUT2D eigenvalue weighted by Gasteiger charge is -2.30. The van der Waals surface area contributed by atoms with Crippen molar-refractivity contribution < 1.29 is 9.59 Å². The molecule has 1 saturated heterocycles. The number of carbonyl (C=O) groups is 2. The van der Waals surface area contributed by atoms with E-state index in [4.69, 9.17) is 0 Å². The van der Waals surface area contributed by atoms with Crippen LogP contribution >= 0.6 is 0 Å². The van der Waals surface area contributed by atoms with E-state index in [2.05, 4.69) is 56.3 Å². The van der Waals surface area contributed by atoms with Crippen molar-refractivity contribution in [2.75, 3.05) is 19.6 Å². The molecule has 2 aromatic carbocycles. The van der Waals surface area contributed by atoms with Gasteiger partial charge < -0.3 is 9.80 Å². The fourth-order valence-corrected chi connectivity index (χ4v) is 4.99. The van der Waals surface area contributed by atoms with Gasteiger partial charge in [-0.15, -0.1) is 0 Å². The Labute approximate surface area is 190 Å². The van der Waals surface area contributed by atoms with Crippen molar-refractivity contribution in [2.24, 2.45) is 11.8 Å². The average molecular weight is 429 g/mol. The Morgan fingerprint density at radius 1 is 1.03 bits per heavy atom. The van der Waals surface area contributed by atoms with Crippen LogP contribution in [0.1, 0.15) is 54.6 Å². The van der Waals surface area contributed by atoms with Crippen molar-refractivity contribution in [3.8, 4) is 11.1 Å². The molecule has 2 fully saturated rings. The van der Waals surface area contributed by atoms with E-state index in [-0.39, 0.29) is 17.9 Å². The third kappa shape index (κ3) is 4.23. The zero-order chi connectivity index (χ0) is 22.2. The maximum Gasteiger partial charge on any atom is 0.254 e. The molecular weight excluding hydrogens is 396 g/mol. The third-order valence-corrected chi connectivity index (χ3v) is 7.11. The largest absolute Gasteiger partial charge is 0.342 e. The molecule has 0 bridgehead atoms. The Kier molecular flexibility index (Phi) is 5.62. The molecule has 4 heteroatoms. The van der Waals surface area contributed by atoms with E-state index in [0.717, 1.165) is 49.9 Å². The SMILES string of the molecule is CC(C)N(C[C@@H]1CCN(C(=O)C2CC2)C1)C(=O)c1ccc(-c2ccc3c(c2)CC=C3)cc1. The van der Waals surface area contributed by atoms with Gasteiger partial charge in [-0.3, -0.25) is 9.59 Å². The molecule has 1 saturated carbocycles. The number of amides is 2.